The average Bonchev–Trinajstić information content (AvgIpc) is 2.52. The minimum absolute atomic E-state index is 0.311. The molecule has 0 aliphatic carbocycles. The number of rotatable bonds is 8. The molecule has 130 valence electrons. The lowest BCUT2D eigenvalue weighted by atomic mass is 9.80. The second-order valence-corrected chi connectivity index (χ2v) is 7.44. The molecule has 0 aromatic rings. The van der Waals surface area contributed by atoms with Crippen LogP contribution in [-0.4, -0.2) is 31.1 Å². The Morgan fingerprint density at radius 2 is 1.59 bits per heavy atom. The molecule has 0 amide bonds. The summed E-state index contributed by atoms with van der Waals surface area (Å²) in [6.45, 7) is 8.59. The lowest BCUT2D eigenvalue weighted by molar-refractivity contribution is -0.309. The van der Waals surface area contributed by atoms with Crippen molar-refractivity contribution in [3.8, 4) is 0 Å². The lowest BCUT2D eigenvalue weighted by Gasteiger charge is -2.50. The summed E-state index contributed by atoms with van der Waals surface area (Å²) in [4.78, 5) is 0. The van der Waals surface area contributed by atoms with E-state index in [1.54, 1.807) is 0 Å². The SMILES string of the molecule is CCCCCCCCC[C@H]1N[C@@H](C)CC2(OCCCO2)C1C. The van der Waals surface area contributed by atoms with Gasteiger partial charge < -0.3 is 14.8 Å². The summed E-state index contributed by atoms with van der Waals surface area (Å²) in [5.74, 6) is 0.137. The minimum atomic E-state index is -0.311. The zero-order valence-corrected chi connectivity index (χ0v) is 15.0. The smallest absolute Gasteiger partial charge is 0.173 e. The summed E-state index contributed by atoms with van der Waals surface area (Å²) in [5, 5.41) is 3.79. The van der Waals surface area contributed by atoms with Gasteiger partial charge in [-0.2, -0.15) is 0 Å². The normalized spacial score (nSPS) is 31.5. The number of unbranched alkanes of at least 4 members (excludes halogenated alkanes) is 6. The van der Waals surface area contributed by atoms with E-state index in [1.807, 2.05) is 0 Å². The van der Waals surface area contributed by atoms with E-state index in [0.717, 1.165) is 26.1 Å². The molecule has 0 aromatic carbocycles. The van der Waals surface area contributed by atoms with E-state index in [-0.39, 0.29) is 5.79 Å². The Labute approximate surface area is 137 Å². The molecule has 1 N–H and O–H groups in total. The Kier molecular flexibility index (Phi) is 7.66. The first-order valence-electron chi connectivity index (χ1n) is 9.72. The molecular weight excluding hydrogens is 274 g/mol. The van der Waals surface area contributed by atoms with Crippen LogP contribution < -0.4 is 5.32 Å². The Balaban J connectivity index is 1.72. The third-order valence-electron chi connectivity index (χ3n) is 5.49. The van der Waals surface area contributed by atoms with Crippen LogP contribution in [0.1, 0.15) is 85.0 Å². The summed E-state index contributed by atoms with van der Waals surface area (Å²) < 4.78 is 12.3. The molecule has 3 nitrogen and oxygen atoms in total. The number of hydrogen-bond acceptors (Lipinski definition) is 3. The molecule has 2 saturated heterocycles. The molecule has 1 unspecified atom stereocenters. The van der Waals surface area contributed by atoms with Crippen molar-refractivity contribution in [2.45, 2.75) is 103 Å². The van der Waals surface area contributed by atoms with Gasteiger partial charge >= 0.3 is 0 Å². The molecule has 1 spiro atoms. The van der Waals surface area contributed by atoms with Gasteiger partial charge in [0.25, 0.3) is 0 Å². The van der Waals surface area contributed by atoms with Gasteiger partial charge in [-0.05, 0) is 19.8 Å². The fourth-order valence-corrected chi connectivity index (χ4v) is 4.11. The fourth-order valence-electron chi connectivity index (χ4n) is 4.11. The largest absolute Gasteiger partial charge is 0.349 e. The van der Waals surface area contributed by atoms with E-state index in [4.69, 9.17) is 9.47 Å². The lowest BCUT2D eigenvalue weighted by Crippen LogP contribution is -2.62. The van der Waals surface area contributed by atoms with Gasteiger partial charge in [-0.25, -0.2) is 0 Å². The summed E-state index contributed by atoms with van der Waals surface area (Å²) in [7, 11) is 0. The molecule has 2 heterocycles. The maximum atomic E-state index is 6.13. The van der Waals surface area contributed by atoms with E-state index in [9.17, 15) is 0 Å². The van der Waals surface area contributed by atoms with Gasteiger partial charge in [0, 0.05) is 24.4 Å². The minimum Gasteiger partial charge on any atom is -0.349 e. The molecule has 2 fully saturated rings. The molecule has 2 aliphatic rings. The van der Waals surface area contributed by atoms with Gasteiger partial charge in [-0.1, -0.05) is 58.8 Å². The van der Waals surface area contributed by atoms with Crippen LogP contribution in [0.15, 0.2) is 0 Å². The van der Waals surface area contributed by atoms with Gasteiger partial charge in [0.1, 0.15) is 0 Å². The van der Waals surface area contributed by atoms with Crippen LogP contribution in [0.4, 0.5) is 0 Å². The molecule has 0 radical (unpaired) electrons. The first-order chi connectivity index (χ1) is 10.7. The van der Waals surface area contributed by atoms with E-state index in [2.05, 4.69) is 26.1 Å². The third kappa shape index (κ3) is 4.94. The van der Waals surface area contributed by atoms with Crippen molar-refractivity contribution in [3.05, 3.63) is 0 Å². The van der Waals surface area contributed by atoms with Crippen LogP contribution in [0.3, 0.4) is 0 Å². The van der Waals surface area contributed by atoms with Gasteiger partial charge in [-0.15, -0.1) is 0 Å². The predicted molar refractivity (Wildman–Crippen MR) is 92.0 cm³/mol. The van der Waals surface area contributed by atoms with E-state index in [0.29, 0.717) is 18.0 Å². The zero-order valence-electron chi connectivity index (χ0n) is 15.0. The Morgan fingerprint density at radius 1 is 0.955 bits per heavy atom. The highest BCUT2D eigenvalue weighted by Gasteiger charge is 2.48. The van der Waals surface area contributed by atoms with Gasteiger partial charge in [0.15, 0.2) is 5.79 Å². The van der Waals surface area contributed by atoms with Gasteiger partial charge in [0.2, 0.25) is 0 Å². The van der Waals surface area contributed by atoms with Crippen molar-refractivity contribution in [3.63, 3.8) is 0 Å². The van der Waals surface area contributed by atoms with Crippen molar-refractivity contribution in [2.75, 3.05) is 13.2 Å². The van der Waals surface area contributed by atoms with E-state index in [1.165, 1.54) is 51.4 Å². The van der Waals surface area contributed by atoms with Crippen molar-refractivity contribution in [1.29, 1.82) is 0 Å². The topological polar surface area (TPSA) is 30.5 Å². The fraction of sp³-hybridized carbons (Fsp3) is 1.00. The highest BCUT2D eigenvalue weighted by Crippen LogP contribution is 2.38. The Hall–Kier alpha value is -0.120. The molecule has 2 aliphatic heterocycles. The molecule has 0 aromatic heterocycles. The summed E-state index contributed by atoms with van der Waals surface area (Å²) in [6, 6.07) is 1.03. The Morgan fingerprint density at radius 3 is 2.27 bits per heavy atom. The highest BCUT2D eigenvalue weighted by molar-refractivity contribution is 4.95. The van der Waals surface area contributed by atoms with Crippen LogP contribution in [0.2, 0.25) is 0 Å². The summed E-state index contributed by atoms with van der Waals surface area (Å²) in [5.41, 5.74) is 0. The molecule has 0 bridgehead atoms. The highest BCUT2D eigenvalue weighted by atomic mass is 16.7. The van der Waals surface area contributed by atoms with Crippen molar-refractivity contribution in [1.82, 2.24) is 5.32 Å². The maximum absolute atomic E-state index is 6.13. The predicted octanol–water partition coefficient (Wildman–Crippen LogP) is 4.65. The van der Waals surface area contributed by atoms with Crippen LogP contribution in [0.5, 0.6) is 0 Å². The second kappa shape index (κ2) is 9.24. The van der Waals surface area contributed by atoms with Crippen LogP contribution in [0.25, 0.3) is 0 Å². The zero-order chi connectivity index (χ0) is 15.8. The summed E-state index contributed by atoms with van der Waals surface area (Å²) in [6.07, 6.45) is 12.9. The third-order valence-corrected chi connectivity index (χ3v) is 5.49. The van der Waals surface area contributed by atoms with E-state index >= 15 is 0 Å². The number of hydrogen-bond donors (Lipinski definition) is 1. The van der Waals surface area contributed by atoms with Crippen LogP contribution >= 0.6 is 0 Å². The van der Waals surface area contributed by atoms with Crippen molar-refractivity contribution >= 4 is 0 Å². The maximum Gasteiger partial charge on any atom is 0.173 e. The van der Waals surface area contributed by atoms with Crippen LogP contribution in [-0.2, 0) is 9.47 Å². The number of nitrogens with one attached hydrogen (secondary N) is 1. The Bertz CT molecular complexity index is 302. The molecule has 3 heteroatoms. The first kappa shape index (κ1) is 18.2. The summed E-state index contributed by atoms with van der Waals surface area (Å²) >= 11 is 0. The van der Waals surface area contributed by atoms with Crippen LogP contribution in [0, 0.1) is 5.92 Å². The number of ether oxygens (including phenoxy) is 2. The molecule has 2 rings (SSSR count). The van der Waals surface area contributed by atoms with Crippen molar-refractivity contribution in [2.24, 2.45) is 5.92 Å². The van der Waals surface area contributed by atoms with Crippen molar-refractivity contribution < 1.29 is 9.47 Å². The van der Waals surface area contributed by atoms with E-state index < -0.39 is 0 Å². The quantitative estimate of drug-likeness (QED) is 0.662. The molecule has 22 heavy (non-hydrogen) atoms. The molecular formula is C19H37NO2. The average molecular weight is 312 g/mol. The van der Waals surface area contributed by atoms with Gasteiger partial charge in [-0.3, -0.25) is 0 Å². The second-order valence-electron chi connectivity index (χ2n) is 7.44. The monoisotopic (exact) mass is 311 g/mol. The molecule has 3 atom stereocenters. The first-order valence-corrected chi connectivity index (χ1v) is 9.72. The standard InChI is InChI=1S/C19H37NO2/c1-4-5-6-7-8-9-10-12-18-17(3)19(15-16(2)20-18)21-13-11-14-22-19/h16-18,20H,4-15H2,1-3H3/t16-,17?,18+/m0/s1. The number of piperidine rings is 1. The van der Waals surface area contributed by atoms with Gasteiger partial charge in [0.05, 0.1) is 13.2 Å². The molecule has 0 saturated carbocycles.